The van der Waals surface area contributed by atoms with Crippen LogP contribution in [-0.4, -0.2) is 29.3 Å². The molecule has 1 atom stereocenters. The minimum Gasteiger partial charge on any atom is -0.483 e. The Labute approximate surface area is 114 Å². The third kappa shape index (κ3) is 4.24. The standard InChI is InChI=1S/C15H23NO3/c1-10-7-6-8-13(11(10)2)19-9-14(18)16-15(4,5)12(3)17/h6-8,12,17H,9H2,1-5H3,(H,16,18). The lowest BCUT2D eigenvalue weighted by Crippen LogP contribution is -2.52. The molecule has 0 saturated heterocycles. The van der Waals surface area contributed by atoms with E-state index in [-0.39, 0.29) is 12.5 Å². The van der Waals surface area contributed by atoms with Gasteiger partial charge in [-0.05, 0) is 51.8 Å². The summed E-state index contributed by atoms with van der Waals surface area (Å²) in [4.78, 5) is 11.8. The third-order valence-corrected chi connectivity index (χ3v) is 3.42. The summed E-state index contributed by atoms with van der Waals surface area (Å²) in [5.74, 6) is 0.469. The molecule has 2 N–H and O–H groups in total. The zero-order chi connectivity index (χ0) is 14.6. The number of ether oxygens (including phenoxy) is 1. The van der Waals surface area contributed by atoms with Crippen molar-refractivity contribution in [2.24, 2.45) is 0 Å². The van der Waals surface area contributed by atoms with Gasteiger partial charge in [-0.2, -0.15) is 0 Å². The first-order valence-corrected chi connectivity index (χ1v) is 6.42. The molecule has 0 fully saturated rings. The fraction of sp³-hybridized carbons (Fsp3) is 0.533. The van der Waals surface area contributed by atoms with Crippen LogP contribution in [0.25, 0.3) is 0 Å². The largest absolute Gasteiger partial charge is 0.483 e. The van der Waals surface area contributed by atoms with Crippen molar-refractivity contribution in [3.63, 3.8) is 0 Å². The van der Waals surface area contributed by atoms with Gasteiger partial charge < -0.3 is 15.2 Å². The predicted octanol–water partition coefficient (Wildman–Crippen LogP) is 1.96. The van der Waals surface area contributed by atoms with Crippen molar-refractivity contribution in [1.82, 2.24) is 5.32 Å². The van der Waals surface area contributed by atoms with Gasteiger partial charge in [0.2, 0.25) is 0 Å². The Bertz CT molecular complexity index is 453. The Hall–Kier alpha value is -1.55. The number of hydrogen-bond acceptors (Lipinski definition) is 3. The summed E-state index contributed by atoms with van der Waals surface area (Å²) in [6.07, 6.45) is -0.628. The number of hydrogen-bond donors (Lipinski definition) is 2. The molecule has 0 bridgehead atoms. The number of aliphatic hydroxyl groups excluding tert-OH is 1. The molecule has 1 rings (SSSR count). The average molecular weight is 265 g/mol. The molecule has 0 aliphatic rings. The lowest BCUT2D eigenvalue weighted by molar-refractivity contribution is -0.126. The molecule has 0 aliphatic carbocycles. The second-order valence-electron chi connectivity index (χ2n) is 5.43. The van der Waals surface area contributed by atoms with Gasteiger partial charge >= 0.3 is 0 Å². The van der Waals surface area contributed by atoms with Crippen LogP contribution in [0.1, 0.15) is 31.9 Å². The van der Waals surface area contributed by atoms with Crippen molar-refractivity contribution in [2.45, 2.75) is 46.3 Å². The molecule has 106 valence electrons. The first-order chi connectivity index (χ1) is 8.74. The summed E-state index contributed by atoms with van der Waals surface area (Å²) < 4.78 is 5.51. The maximum absolute atomic E-state index is 11.8. The summed E-state index contributed by atoms with van der Waals surface area (Å²) in [5, 5.41) is 12.3. The molecule has 19 heavy (non-hydrogen) atoms. The van der Waals surface area contributed by atoms with E-state index >= 15 is 0 Å². The highest BCUT2D eigenvalue weighted by molar-refractivity contribution is 5.78. The van der Waals surface area contributed by atoms with Gasteiger partial charge in [0.15, 0.2) is 6.61 Å². The van der Waals surface area contributed by atoms with Crippen LogP contribution in [0, 0.1) is 13.8 Å². The highest BCUT2D eigenvalue weighted by atomic mass is 16.5. The highest BCUT2D eigenvalue weighted by Gasteiger charge is 2.26. The van der Waals surface area contributed by atoms with Crippen LogP contribution in [-0.2, 0) is 4.79 Å². The van der Waals surface area contributed by atoms with Crippen LogP contribution in [0.2, 0.25) is 0 Å². The van der Waals surface area contributed by atoms with E-state index < -0.39 is 11.6 Å². The fourth-order valence-corrected chi connectivity index (χ4v) is 1.52. The summed E-state index contributed by atoms with van der Waals surface area (Å²) in [7, 11) is 0. The monoisotopic (exact) mass is 265 g/mol. The van der Waals surface area contributed by atoms with Crippen molar-refractivity contribution in [3.8, 4) is 5.75 Å². The van der Waals surface area contributed by atoms with Gasteiger partial charge in [0.05, 0.1) is 11.6 Å². The zero-order valence-corrected chi connectivity index (χ0v) is 12.3. The molecule has 1 unspecified atom stereocenters. The molecular formula is C15H23NO3. The molecule has 0 saturated carbocycles. The molecule has 4 heteroatoms. The lowest BCUT2D eigenvalue weighted by Gasteiger charge is -2.29. The Morgan fingerprint density at radius 3 is 2.63 bits per heavy atom. The summed E-state index contributed by atoms with van der Waals surface area (Å²) >= 11 is 0. The van der Waals surface area contributed by atoms with Crippen LogP contribution in [0.3, 0.4) is 0 Å². The Morgan fingerprint density at radius 2 is 2.05 bits per heavy atom. The van der Waals surface area contributed by atoms with Crippen molar-refractivity contribution in [2.75, 3.05) is 6.61 Å². The van der Waals surface area contributed by atoms with Crippen LogP contribution < -0.4 is 10.1 Å². The molecule has 0 aromatic heterocycles. The van der Waals surface area contributed by atoms with Crippen LogP contribution in [0.4, 0.5) is 0 Å². The quantitative estimate of drug-likeness (QED) is 0.855. The number of benzene rings is 1. The van der Waals surface area contributed by atoms with Gasteiger partial charge in [-0.25, -0.2) is 0 Å². The molecule has 0 radical (unpaired) electrons. The Morgan fingerprint density at radius 1 is 1.42 bits per heavy atom. The molecule has 0 heterocycles. The second-order valence-corrected chi connectivity index (χ2v) is 5.43. The van der Waals surface area contributed by atoms with Gasteiger partial charge in [-0.15, -0.1) is 0 Å². The van der Waals surface area contributed by atoms with E-state index in [1.165, 1.54) is 0 Å². The number of carbonyl (C=O) groups is 1. The van der Waals surface area contributed by atoms with E-state index in [0.29, 0.717) is 5.75 Å². The molecular weight excluding hydrogens is 242 g/mol. The summed E-state index contributed by atoms with van der Waals surface area (Å²) in [6.45, 7) is 9.09. The number of nitrogens with one attached hydrogen (secondary N) is 1. The summed E-state index contributed by atoms with van der Waals surface area (Å²) in [5.41, 5.74) is 1.49. The first kappa shape index (κ1) is 15.5. The minimum absolute atomic E-state index is 0.0551. The normalized spacial score (nSPS) is 12.9. The van der Waals surface area contributed by atoms with Gasteiger partial charge in [0.25, 0.3) is 5.91 Å². The molecule has 1 amide bonds. The van der Waals surface area contributed by atoms with E-state index in [1.807, 2.05) is 32.0 Å². The Balaban J connectivity index is 2.58. The smallest absolute Gasteiger partial charge is 0.258 e. The number of aryl methyl sites for hydroxylation is 1. The Kier molecular flexibility index (Phi) is 4.95. The van der Waals surface area contributed by atoms with Crippen LogP contribution in [0.15, 0.2) is 18.2 Å². The SMILES string of the molecule is Cc1cccc(OCC(=O)NC(C)(C)C(C)O)c1C. The van der Waals surface area contributed by atoms with E-state index in [9.17, 15) is 9.90 Å². The molecule has 4 nitrogen and oxygen atoms in total. The van der Waals surface area contributed by atoms with E-state index in [0.717, 1.165) is 11.1 Å². The maximum atomic E-state index is 11.8. The maximum Gasteiger partial charge on any atom is 0.258 e. The third-order valence-electron chi connectivity index (χ3n) is 3.42. The van der Waals surface area contributed by atoms with E-state index in [1.54, 1.807) is 20.8 Å². The van der Waals surface area contributed by atoms with Crippen molar-refractivity contribution in [1.29, 1.82) is 0 Å². The molecule has 1 aromatic carbocycles. The second kappa shape index (κ2) is 6.06. The average Bonchev–Trinajstić information content (AvgIpc) is 2.30. The van der Waals surface area contributed by atoms with E-state index in [4.69, 9.17) is 4.74 Å². The number of amides is 1. The first-order valence-electron chi connectivity index (χ1n) is 6.42. The van der Waals surface area contributed by atoms with Gasteiger partial charge in [-0.3, -0.25) is 4.79 Å². The zero-order valence-electron chi connectivity index (χ0n) is 12.3. The summed E-state index contributed by atoms with van der Waals surface area (Å²) in [6, 6.07) is 5.74. The fourth-order valence-electron chi connectivity index (χ4n) is 1.52. The van der Waals surface area contributed by atoms with Crippen LogP contribution in [0.5, 0.6) is 5.75 Å². The van der Waals surface area contributed by atoms with Gasteiger partial charge in [0.1, 0.15) is 5.75 Å². The van der Waals surface area contributed by atoms with Gasteiger partial charge in [-0.1, -0.05) is 12.1 Å². The van der Waals surface area contributed by atoms with Gasteiger partial charge in [0, 0.05) is 0 Å². The van der Waals surface area contributed by atoms with Crippen LogP contribution >= 0.6 is 0 Å². The molecule has 1 aromatic rings. The highest BCUT2D eigenvalue weighted by Crippen LogP contribution is 2.20. The molecule has 0 spiro atoms. The van der Waals surface area contributed by atoms with Crippen molar-refractivity contribution >= 4 is 5.91 Å². The van der Waals surface area contributed by atoms with Crippen molar-refractivity contribution < 1.29 is 14.6 Å². The topological polar surface area (TPSA) is 58.6 Å². The predicted molar refractivity (Wildman–Crippen MR) is 75.3 cm³/mol. The van der Waals surface area contributed by atoms with Crippen molar-refractivity contribution in [3.05, 3.63) is 29.3 Å². The molecule has 0 aliphatic heterocycles. The number of rotatable bonds is 5. The number of aliphatic hydroxyl groups is 1. The minimum atomic E-state index is -0.665. The van der Waals surface area contributed by atoms with E-state index in [2.05, 4.69) is 5.32 Å². The lowest BCUT2D eigenvalue weighted by atomic mass is 9.99. The number of carbonyl (C=O) groups excluding carboxylic acids is 1.